The van der Waals surface area contributed by atoms with Gasteiger partial charge in [-0.1, -0.05) is 0 Å². The Morgan fingerprint density at radius 2 is 2.20 bits per heavy atom. The topological polar surface area (TPSA) is 34.0 Å². The first kappa shape index (κ1) is 9.33. The van der Waals surface area contributed by atoms with E-state index in [1.165, 1.54) is 31.6 Å². The van der Waals surface area contributed by atoms with Gasteiger partial charge in [0, 0.05) is 25.4 Å². The first-order valence-corrected chi connectivity index (χ1v) is 5.95. The van der Waals surface area contributed by atoms with Crippen LogP contribution in [0, 0.1) is 0 Å². The van der Waals surface area contributed by atoms with Crippen LogP contribution in [0.5, 0.6) is 0 Å². The molecule has 1 saturated heterocycles. The number of aryl methyl sites for hydroxylation is 2. The summed E-state index contributed by atoms with van der Waals surface area (Å²) in [6, 6.07) is 0. The van der Waals surface area contributed by atoms with Crippen LogP contribution in [0.25, 0.3) is 0 Å². The van der Waals surface area contributed by atoms with Crippen molar-refractivity contribution in [3.63, 3.8) is 0 Å². The molecule has 0 aliphatic carbocycles. The van der Waals surface area contributed by atoms with Crippen LogP contribution in [0.2, 0.25) is 0 Å². The smallest absolute Gasteiger partial charge is 0.155 e. The molecule has 1 fully saturated rings. The number of hydrogen-bond donors (Lipinski definition) is 0. The van der Waals surface area contributed by atoms with Gasteiger partial charge >= 0.3 is 0 Å². The quantitative estimate of drug-likeness (QED) is 0.688. The van der Waals surface area contributed by atoms with Crippen molar-refractivity contribution in [2.24, 2.45) is 0 Å². The molecule has 1 aromatic rings. The summed E-state index contributed by atoms with van der Waals surface area (Å²) in [5.41, 5.74) is 0. The third-order valence-corrected chi connectivity index (χ3v) is 3.54. The Hall–Kier alpha value is -0.900. The molecule has 1 aromatic heterocycles. The van der Waals surface area contributed by atoms with Gasteiger partial charge in [0.15, 0.2) is 5.82 Å². The molecule has 2 aliphatic heterocycles. The summed E-state index contributed by atoms with van der Waals surface area (Å²) in [5, 5.41) is 4.65. The SMILES string of the molecule is CN1CCC(c2nc3n(n2)CCCC3)C1. The zero-order chi connectivity index (χ0) is 10.3. The minimum atomic E-state index is 0.577. The summed E-state index contributed by atoms with van der Waals surface area (Å²) < 4.78 is 2.12. The zero-order valence-electron chi connectivity index (χ0n) is 9.32. The van der Waals surface area contributed by atoms with Gasteiger partial charge in [-0.25, -0.2) is 9.67 Å². The summed E-state index contributed by atoms with van der Waals surface area (Å²) in [6.45, 7) is 3.39. The Balaban J connectivity index is 1.83. The molecule has 0 aromatic carbocycles. The normalized spacial score (nSPS) is 26.9. The van der Waals surface area contributed by atoms with Crippen LogP contribution in [-0.2, 0) is 13.0 Å². The molecule has 0 bridgehead atoms. The van der Waals surface area contributed by atoms with Gasteiger partial charge in [0.05, 0.1) is 0 Å². The van der Waals surface area contributed by atoms with E-state index in [0.29, 0.717) is 5.92 Å². The summed E-state index contributed by atoms with van der Waals surface area (Å²) in [5.74, 6) is 2.88. The lowest BCUT2D eigenvalue weighted by Gasteiger charge is -2.10. The Morgan fingerprint density at radius 1 is 1.27 bits per heavy atom. The fourth-order valence-electron chi connectivity index (χ4n) is 2.62. The van der Waals surface area contributed by atoms with Crippen molar-refractivity contribution < 1.29 is 0 Å². The highest BCUT2D eigenvalue weighted by Crippen LogP contribution is 2.25. The number of likely N-dealkylation sites (N-methyl/N-ethyl adjacent to an activating group) is 1. The predicted octanol–water partition coefficient (Wildman–Crippen LogP) is 1.03. The molecule has 2 aliphatic rings. The van der Waals surface area contributed by atoms with Gasteiger partial charge in [0.2, 0.25) is 0 Å². The molecular weight excluding hydrogens is 188 g/mol. The molecule has 4 nitrogen and oxygen atoms in total. The number of hydrogen-bond acceptors (Lipinski definition) is 3. The van der Waals surface area contributed by atoms with Crippen LogP contribution < -0.4 is 0 Å². The van der Waals surface area contributed by atoms with Crippen molar-refractivity contribution in [3.05, 3.63) is 11.6 Å². The lowest BCUT2D eigenvalue weighted by Crippen LogP contribution is -2.14. The van der Waals surface area contributed by atoms with E-state index in [9.17, 15) is 0 Å². The number of likely N-dealkylation sites (tertiary alicyclic amines) is 1. The van der Waals surface area contributed by atoms with E-state index in [1.807, 2.05) is 0 Å². The molecule has 0 saturated carbocycles. The van der Waals surface area contributed by atoms with Crippen molar-refractivity contribution in [2.75, 3.05) is 20.1 Å². The fraction of sp³-hybridized carbons (Fsp3) is 0.818. The van der Waals surface area contributed by atoms with E-state index in [-0.39, 0.29) is 0 Å². The molecule has 15 heavy (non-hydrogen) atoms. The predicted molar refractivity (Wildman–Crippen MR) is 57.8 cm³/mol. The average molecular weight is 206 g/mol. The van der Waals surface area contributed by atoms with E-state index in [0.717, 1.165) is 25.3 Å². The zero-order valence-corrected chi connectivity index (χ0v) is 9.32. The van der Waals surface area contributed by atoms with Gasteiger partial charge in [-0.3, -0.25) is 0 Å². The summed E-state index contributed by atoms with van der Waals surface area (Å²) in [7, 11) is 2.18. The van der Waals surface area contributed by atoms with Crippen molar-refractivity contribution >= 4 is 0 Å². The number of aromatic nitrogens is 3. The largest absolute Gasteiger partial charge is 0.306 e. The maximum absolute atomic E-state index is 4.69. The number of fused-ring (bicyclic) bond motifs is 1. The molecule has 0 radical (unpaired) electrons. The maximum Gasteiger partial charge on any atom is 0.155 e. The van der Waals surface area contributed by atoms with Gasteiger partial charge in [-0.2, -0.15) is 5.10 Å². The van der Waals surface area contributed by atoms with Crippen molar-refractivity contribution in [1.29, 1.82) is 0 Å². The van der Waals surface area contributed by atoms with E-state index in [4.69, 9.17) is 4.98 Å². The van der Waals surface area contributed by atoms with Gasteiger partial charge < -0.3 is 4.90 Å². The summed E-state index contributed by atoms with van der Waals surface area (Å²) in [4.78, 5) is 7.06. The van der Waals surface area contributed by atoms with Gasteiger partial charge in [0.25, 0.3) is 0 Å². The molecule has 1 unspecified atom stereocenters. The molecular formula is C11H18N4. The second-order valence-electron chi connectivity index (χ2n) is 4.81. The number of nitrogens with zero attached hydrogens (tertiary/aromatic N) is 4. The standard InChI is InChI=1S/C11H18N4/c1-14-7-5-9(8-14)11-12-10-4-2-3-6-15(10)13-11/h9H,2-8H2,1H3. The Labute approximate surface area is 90.3 Å². The Bertz CT molecular complexity index is 334. The van der Waals surface area contributed by atoms with Crippen molar-refractivity contribution in [1.82, 2.24) is 19.7 Å². The summed E-state index contributed by atoms with van der Waals surface area (Å²) >= 11 is 0. The lowest BCUT2D eigenvalue weighted by atomic mass is 10.1. The third-order valence-electron chi connectivity index (χ3n) is 3.54. The van der Waals surface area contributed by atoms with Crippen molar-refractivity contribution in [2.45, 2.75) is 38.1 Å². The Morgan fingerprint density at radius 3 is 2.93 bits per heavy atom. The maximum atomic E-state index is 4.69. The monoisotopic (exact) mass is 206 g/mol. The molecule has 82 valence electrons. The van der Waals surface area contributed by atoms with Gasteiger partial charge in [0.1, 0.15) is 5.82 Å². The minimum absolute atomic E-state index is 0.577. The first-order valence-electron chi connectivity index (χ1n) is 5.95. The highest BCUT2D eigenvalue weighted by Gasteiger charge is 2.26. The molecule has 0 spiro atoms. The van der Waals surface area contributed by atoms with E-state index in [2.05, 4.69) is 21.7 Å². The van der Waals surface area contributed by atoms with E-state index in [1.54, 1.807) is 0 Å². The van der Waals surface area contributed by atoms with Crippen LogP contribution in [0.3, 0.4) is 0 Å². The van der Waals surface area contributed by atoms with Crippen LogP contribution in [-0.4, -0.2) is 39.8 Å². The van der Waals surface area contributed by atoms with Gasteiger partial charge in [-0.15, -0.1) is 0 Å². The molecule has 4 heteroatoms. The second kappa shape index (κ2) is 3.59. The first-order chi connectivity index (χ1) is 7.33. The molecule has 0 amide bonds. The highest BCUT2D eigenvalue weighted by molar-refractivity contribution is 5.04. The fourth-order valence-corrected chi connectivity index (χ4v) is 2.62. The van der Waals surface area contributed by atoms with Crippen LogP contribution in [0.1, 0.15) is 36.8 Å². The van der Waals surface area contributed by atoms with Crippen LogP contribution in [0.15, 0.2) is 0 Å². The molecule has 0 N–H and O–H groups in total. The molecule has 3 rings (SSSR count). The molecule has 1 atom stereocenters. The summed E-state index contributed by atoms with van der Waals surface area (Å²) in [6.07, 6.45) is 4.89. The minimum Gasteiger partial charge on any atom is -0.306 e. The average Bonchev–Trinajstić information content (AvgIpc) is 2.82. The second-order valence-corrected chi connectivity index (χ2v) is 4.81. The lowest BCUT2D eigenvalue weighted by molar-refractivity contribution is 0.409. The third kappa shape index (κ3) is 1.67. The van der Waals surface area contributed by atoms with Crippen LogP contribution in [0.4, 0.5) is 0 Å². The van der Waals surface area contributed by atoms with E-state index < -0.39 is 0 Å². The highest BCUT2D eigenvalue weighted by atomic mass is 15.4. The number of rotatable bonds is 1. The van der Waals surface area contributed by atoms with Crippen LogP contribution >= 0.6 is 0 Å². The van der Waals surface area contributed by atoms with E-state index >= 15 is 0 Å². The van der Waals surface area contributed by atoms with Gasteiger partial charge in [-0.05, 0) is 32.9 Å². The Kier molecular flexibility index (Phi) is 2.24. The van der Waals surface area contributed by atoms with Crippen molar-refractivity contribution in [3.8, 4) is 0 Å². The molecule has 3 heterocycles.